The van der Waals surface area contributed by atoms with E-state index in [1.165, 1.54) is 0 Å². The molecule has 64 valence electrons. The zero-order valence-electron chi connectivity index (χ0n) is 7.05. The van der Waals surface area contributed by atoms with Crippen LogP contribution in [0.1, 0.15) is 13.3 Å². The Morgan fingerprint density at radius 2 is 2.42 bits per heavy atom. The lowest BCUT2D eigenvalue weighted by Crippen LogP contribution is -2.40. The van der Waals surface area contributed by atoms with Gasteiger partial charge in [-0.2, -0.15) is 0 Å². The fourth-order valence-corrected chi connectivity index (χ4v) is 0.570. The normalized spacial score (nSPS) is 10.4. The van der Waals surface area contributed by atoms with Crippen molar-refractivity contribution in [2.45, 2.75) is 19.4 Å². The van der Waals surface area contributed by atoms with Crippen molar-refractivity contribution in [3.8, 4) is 24.2 Å². The van der Waals surface area contributed by atoms with Crippen LogP contribution < -0.4 is 11.1 Å². The van der Waals surface area contributed by atoms with Gasteiger partial charge in [0.1, 0.15) is 0 Å². The summed E-state index contributed by atoms with van der Waals surface area (Å²) in [5, 5.41) is 2.54. The predicted molar refractivity (Wildman–Crippen MR) is 47.9 cm³/mol. The van der Waals surface area contributed by atoms with Gasteiger partial charge in [0.25, 0.3) is 0 Å². The average Bonchev–Trinajstić information content (AvgIpc) is 2.05. The van der Waals surface area contributed by atoms with Crippen LogP contribution in [0.3, 0.4) is 0 Å². The molecule has 0 aliphatic carbocycles. The van der Waals surface area contributed by atoms with Crippen LogP contribution in [0.5, 0.6) is 0 Å². The van der Waals surface area contributed by atoms with Gasteiger partial charge >= 0.3 is 0 Å². The molecule has 0 aromatic rings. The molecule has 0 rings (SSSR count). The largest absolute Gasteiger partial charge is 0.344 e. The quantitative estimate of drug-likeness (QED) is 0.551. The van der Waals surface area contributed by atoms with Crippen LogP contribution in [0.2, 0.25) is 0 Å². The van der Waals surface area contributed by atoms with E-state index in [4.69, 9.17) is 12.2 Å². The standard InChI is InChI=1S/C9H12N2O/c1-3-5-7-11-9(12)8(10)6-4-2/h2,8H,6-7,10H2,1H3,(H,11,12). The molecule has 12 heavy (non-hydrogen) atoms. The number of hydrogen-bond acceptors (Lipinski definition) is 2. The molecule has 0 spiro atoms. The van der Waals surface area contributed by atoms with Crippen LogP contribution in [0.25, 0.3) is 0 Å². The van der Waals surface area contributed by atoms with Gasteiger partial charge in [-0.1, -0.05) is 5.92 Å². The Morgan fingerprint density at radius 1 is 1.75 bits per heavy atom. The van der Waals surface area contributed by atoms with Crippen LogP contribution in [0, 0.1) is 24.2 Å². The molecule has 1 unspecified atom stereocenters. The molecular weight excluding hydrogens is 152 g/mol. The maximum Gasteiger partial charge on any atom is 0.238 e. The summed E-state index contributed by atoms with van der Waals surface area (Å²) in [5.74, 6) is 7.40. The van der Waals surface area contributed by atoms with E-state index in [1.807, 2.05) is 0 Å². The molecule has 0 aliphatic heterocycles. The van der Waals surface area contributed by atoms with Crippen molar-refractivity contribution in [1.82, 2.24) is 5.32 Å². The minimum absolute atomic E-state index is 0.254. The Bertz CT molecular complexity index is 241. The number of terminal acetylenes is 1. The fraction of sp³-hybridized carbons (Fsp3) is 0.444. The molecule has 0 aliphatic rings. The highest BCUT2D eigenvalue weighted by atomic mass is 16.2. The smallest absolute Gasteiger partial charge is 0.238 e. The maximum atomic E-state index is 11.0. The van der Waals surface area contributed by atoms with E-state index in [1.54, 1.807) is 6.92 Å². The van der Waals surface area contributed by atoms with Crippen LogP contribution in [0.15, 0.2) is 0 Å². The number of rotatable bonds is 3. The van der Waals surface area contributed by atoms with Gasteiger partial charge in [0, 0.05) is 6.42 Å². The van der Waals surface area contributed by atoms with E-state index in [-0.39, 0.29) is 12.3 Å². The van der Waals surface area contributed by atoms with E-state index < -0.39 is 6.04 Å². The summed E-state index contributed by atoms with van der Waals surface area (Å²) in [4.78, 5) is 11.0. The molecule has 3 nitrogen and oxygen atoms in total. The number of amides is 1. The maximum absolute atomic E-state index is 11.0. The Morgan fingerprint density at radius 3 is 2.92 bits per heavy atom. The third-order valence-electron chi connectivity index (χ3n) is 1.20. The molecule has 0 aromatic carbocycles. The summed E-state index contributed by atoms with van der Waals surface area (Å²) >= 11 is 0. The van der Waals surface area contributed by atoms with Gasteiger partial charge in [-0.05, 0) is 6.92 Å². The van der Waals surface area contributed by atoms with Gasteiger partial charge in [-0.15, -0.1) is 18.3 Å². The van der Waals surface area contributed by atoms with Crippen molar-refractivity contribution in [1.29, 1.82) is 0 Å². The van der Waals surface area contributed by atoms with E-state index in [0.717, 1.165) is 0 Å². The second kappa shape index (κ2) is 6.27. The monoisotopic (exact) mass is 164 g/mol. The number of carbonyl (C=O) groups excluding carboxylic acids is 1. The van der Waals surface area contributed by atoms with Crippen molar-refractivity contribution in [2.75, 3.05) is 6.54 Å². The molecule has 0 heterocycles. The third kappa shape index (κ3) is 4.38. The first-order chi connectivity index (χ1) is 5.72. The number of nitrogens with one attached hydrogen (secondary N) is 1. The van der Waals surface area contributed by atoms with Crippen LogP contribution in [-0.4, -0.2) is 18.5 Å². The van der Waals surface area contributed by atoms with Gasteiger partial charge in [-0.3, -0.25) is 4.79 Å². The Kier molecular flexibility index (Phi) is 5.51. The minimum Gasteiger partial charge on any atom is -0.344 e. The van der Waals surface area contributed by atoms with Gasteiger partial charge < -0.3 is 11.1 Å². The highest BCUT2D eigenvalue weighted by molar-refractivity contribution is 5.81. The minimum atomic E-state index is -0.617. The molecule has 0 fully saturated rings. The number of nitrogens with two attached hydrogens (primary N) is 1. The van der Waals surface area contributed by atoms with Gasteiger partial charge in [0.2, 0.25) is 5.91 Å². The summed E-state index contributed by atoms with van der Waals surface area (Å²) in [7, 11) is 0. The Balaban J connectivity index is 3.70. The topological polar surface area (TPSA) is 55.1 Å². The Hall–Kier alpha value is -1.45. The van der Waals surface area contributed by atoms with Crippen LogP contribution in [-0.2, 0) is 4.79 Å². The molecule has 0 radical (unpaired) electrons. The summed E-state index contributed by atoms with van der Waals surface area (Å²) in [6.45, 7) is 2.03. The van der Waals surface area contributed by atoms with Gasteiger partial charge in [0.15, 0.2) is 0 Å². The van der Waals surface area contributed by atoms with Gasteiger partial charge in [0.05, 0.1) is 12.6 Å². The average molecular weight is 164 g/mol. The van der Waals surface area contributed by atoms with Crippen LogP contribution >= 0.6 is 0 Å². The second-order valence-electron chi connectivity index (χ2n) is 2.16. The molecular formula is C9H12N2O. The highest BCUT2D eigenvalue weighted by Gasteiger charge is 2.09. The van der Waals surface area contributed by atoms with E-state index in [2.05, 4.69) is 23.1 Å². The summed E-state index contributed by atoms with van der Waals surface area (Å²) < 4.78 is 0. The van der Waals surface area contributed by atoms with Crippen molar-refractivity contribution in [2.24, 2.45) is 5.73 Å². The molecule has 0 aromatic heterocycles. The van der Waals surface area contributed by atoms with Crippen molar-refractivity contribution in [3.63, 3.8) is 0 Å². The summed E-state index contributed by atoms with van der Waals surface area (Å²) in [6, 6.07) is -0.617. The van der Waals surface area contributed by atoms with Crippen molar-refractivity contribution in [3.05, 3.63) is 0 Å². The third-order valence-corrected chi connectivity index (χ3v) is 1.20. The van der Waals surface area contributed by atoms with Crippen LogP contribution in [0.4, 0.5) is 0 Å². The highest BCUT2D eigenvalue weighted by Crippen LogP contribution is 1.84. The molecule has 3 heteroatoms. The summed E-state index contributed by atoms with van der Waals surface area (Å²) in [6.07, 6.45) is 5.24. The van der Waals surface area contributed by atoms with E-state index in [0.29, 0.717) is 6.54 Å². The SMILES string of the molecule is C#CCC(N)C(=O)NCC#CC. The molecule has 0 saturated heterocycles. The van der Waals surface area contributed by atoms with E-state index >= 15 is 0 Å². The Labute approximate surface area is 72.7 Å². The second-order valence-corrected chi connectivity index (χ2v) is 2.16. The summed E-state index contributed by atoms with van der Waals surface area (Å²) in [5.41, 5.74) is 5.41. The lowest BCUT2D eigenvalue weighted by molar-refractivity contribution is -0.121. The predicted octanol–water partition coefficient (Wildman–Crippen LogP) is -0.524. The number of carbonyl (C=O) groups is 1. The van der Waals surface area contributed by atoms with Crippen molar-refractivity contribution < 1.29 is 4.79 Å². The first-order valence-corrected chi connectivity index (χ1v) is 3.58. The fourth-order valence-electron chi connectivity index (χ4n) is 0.570. The van der Waals surface area contributed by atoms with E-state index in [9.17, 15) is 4.79 Å². The first kappa shape index (κ1) is 10.6. The van der Waals surface area contributed by atoms with Gasteiger partial charge in [-0.25, -0.2) is 0 Å². The lowest BCUT2D eigenvalue weighted by Gasteiger charge is -2.06. The van der Waals surface area contributed by atoms with Crippen molar-refractivity contribution >= 4 is 5.91 Å². The molecule has 1 amide bonds. The molecule has 0 bridgehead atoms. The zero-order chi connectivity index (χ0) is 9.40. The number of hydrogen-bond donors (Lipinski definition) is 2. The molecule has 0 saturated carbocycles. The molecule has 1 atom stereocenters. The zero-order valence-corrected chi connectivity index (χ0v) is 7.05. The lowest BCUT2D eigenvalue weighted by atomic mass is 10.2. The first-order valence-electron chi connectivity index (χ1n) is 3.58. The molecule has 3 N–H and O–H groups in total.